The second kappa shape index (κ2) is 12.0. The molecule has 1 amide bonds. The number of fused-ring (bicyclic) bond motifs is 2. The highest BCUT2D eigenvalue weighted by Gasteiger charge is 2.33. The summed E-state index contributed by atoms with van der Waals surface area (Å²) in [6.07, 6.45) is 5.30. The number of amides is 1. The van der Waals surface area contributed by atoms with Gasteiger partial charge in [0.25, 0.3) is 0 Å². The molecule has 2 saturated heterocycles. The summed E-state index contributed by atoms with van der Waals surface area (Å²) in [4.78, 5) is 25.9. The van der Waals surface area contributed by atoms with Crippen LogP contribution in [0.5, 0.6) is 11.5 Å². The van der Waals surface area contributed by atoms with Crippen molar-refractivity contribution in [3.05, 3.63) is 69.2 Å². The number of carbonyl (C=O) groups excluding carboxylic acids is 1. The number of likely N-dealkylation sites (tertiary alicyclic amines) is 2. The van der Waals surface area contributed by atoms with E-state index in [2.05, 4.69) is 39.7 Å². The standard InChI is InChI=1S/C32H36Cl2N6O3/c1-2-40-28(16-22(37-40)14-20-5-6-29-30(15-20)43-19-42-29)21-7-11-38(12-8-21)13-9-31(41)39-10-3-4-27(39)32-35-25-17-23(33)24(34)18-26(25)36-32/h5-6,15-18,21,27H,2-4,7-14,19H2,1H3,(H,35,36)/t27-/m0/s1. The Labute approximate surface area is 261 Å². The molecule has 2 aromatic heterocycles. The summed E-state index contributed by atoms with van der Waals surface area (Å²) >= 11 is 12.4. The molecule has 11 heteroatoms. The minimum atomic E-state index is -0.0376. The fourth-order valence-electron chi connectivity index (χ4n) is 6.80. The molecule has 0 saturated carbocycles. The number of aromatic amines is 1. The number of hydrogen-bond acceptors (Lipinski definition) is 6. The Bertz CT molecular complexity index is 1600. The predicted octanol–water partition coefficient (Wildman–Crippen LogP) is 6.34. The van der Waals surface area contributed by atoms with E-state index in [9.17, 15) is 4.79 Å². The van der Waals surface area contributed by atoms with Gasteiger partial charge in [-0.15, -0.1) is 0 Å². The molecule has 5 heterocycles. The van der Waals surface area contributed by atoms with E-state index in [1.54, 1.807) is 12.1 Å². The second-order valence-corrected chi connectivity index (χ2v) is 12.6. The van der Waals surface area contributed by atoms with Gasteiger partial charge in [0.1, 0.15) is 5.82 Å². The van der Waals surface area contributed by atoms with Crippen LogP contribution in [0.2, 0.25) is 10.0 Å². The largest absolute Gasteiger partial charge is 0.454 e. The van der Waals surface area contributed by atoms with Crippen LogP contribution >= 0.6 is 23.2 Å². The zero-order valence-corrected chi connectivity index (χ0v) is 25.8. The quantitative estimate of drug-likeness (QED) is 0.247. The van der Waals surface area contributed by atoms with Gasteiger partial charge in [-0.05, 0) is 81.6 Å². The van der Waals surface area contributed by atoms with E-state index in [1.807, 2.05) is 11.0 Å². The molecule has 0 bridgehead atoms. The van der Waals surface area contributed by atoms with Crippen molar-refractivity contribution in [1.29, 1.82) is 0 Å². The normalized spacial score (nSPS) is 19.1. The molecule has 9 nitrogen and oxygen atoms in total. The van der Waals surface area contributed by atoms with Crippen molar-refractivity contribution < 1.29 is 14.3 Å². The van der Waals surface area contributed by atoms with Gasteiger partial charge in [0, 0.05) is 44.1 Å². The summed E-state index contributed by atoms with van der Waals surface area (Å²) in [6.45, 7) is 6.81. The van der Waals surface area contributed by atoms with Crippen LogP contribution in [0.1, 0.15) is 73.8 Å². The van der Waals surface area contributed by atoms with Gasteiger partial charge in [-0.2, -0.15) is 5.10 Å². The minimum Gasteiger partial charge on any atom is -0.454 e. The third-order valence-corrected chi connectivity index (χ3v) is 9.78. The molecule has 0 spiro atoms. The van der Waals surface area contributed by atoms with E-state index in [1.165, 1.54) is 11.3 Å². The number of benzene rings is 2. The molecule has 7 rings (SSSR count). The summed E-state index contributed by atoms with van der Waals surface area (Å²) in [7, 11) is 0. The van der Waals surface area contributed by atoms with Crippen molar-refractivity contribution >= 4 is 40.1 Å². The van der Waals surface area contributed by atoms with Crippen molar-refractivity contribution in [3.63, 3.8) is 0 Å². The van der Waals surface area contributed by atoms with Gasteiger partial charge in [0.2, 0.25) is 12.7 Å². The number of carbonyl (C=O) groups is 1. The van der Waals surface area contributed by atoms with Crippen LogP contribution in [0.3, 0.4) is 0 Å². The van der Waals surface area contributed by atoms with Crippen LogP contribution in [0.15, 0.2) is 36.4 Å². The van der Waals surface area contributed by atoms with Crippen molar-refractivity contribution in [3.8, 4) is 11.5 Å². The van der Waals surface area contributed by atoms with Gasteiger partial charge in [0.15, 0.2) is 11.5 Å². The lowest BCUT2D eigenvalue weighted by Crippen LogP contribution is -2.38. The summed E-state index contributed by atoms with van der Waals surface area (Å²) < 4.78 is 13.2. The second-order valence-electron chi connectivity index (χ2n) is 11.8. The number of H-pyrrole nitrogens is 1. The monoisotopic (exact) mass is 622 g/mol. The van der Waals surface area contributed by atoms with E-state index in [4.69, 9.17) is 42.8 Å². The molecule has 2 aromatic carbocycles. The number of nitrogens with zero attached hydrogens (tertiary/aromatic N) is 5. The fourth-order valence-corrected chi connectivity index (χ4v) is 7.12. The van der Waals surface area contributed by atoms with Crippen molar-refractivity contribution in [2.24, 2.45) is 0 Å². The SMILES string of the molecule is CCn1nc(Cc2ccc3c(c2)OCO3)cc1C1CCN(CCC(=O)N2CCC[C@H]2c2nc3cc(Cl)c(Cl)cc3[nH]2)CC1. The van der Waals surface area contributed by atoms with Gasteiger partial charge in [-0.3, -0.25) is 9.48 Å². The lowest BCUT2D eigenvalue weighted by Gasteiger charge is -2.32. The molecule has 4 aromatic rings. The number of ether oxygens (including phenoxy) is 2. The molecular weight excluding hydrogens is 587 g/mol. The molecule has 2 fully saturated rings. The summed E-state index contributed by atoms with van der Waals surface area (Å²) in [5, 5.41) is 5.91. The molecule has 0 aliphatic carbocycles. The summed E-state index contributed by atoms with van der Waals surface area (Å²) in [5.41, 5.74) is 5.19. The van der Waals surface area contributed by atoms with Crippen molar-refractivity contribution in [1.82, 2.24) is 29.5 Å². The van der Waals surface area contributed by atoms with Crippen molar-refractivity contribution in [2.45, 2.75) is 64.0 Å². The number of imidazole rings is 1. The minimum absolute atomic E-state index is 0.0376. The molecule has 0 radical (unpaired) electrons. The highest BCUT2D eigenvalue weighted by molar-refractivity contribution is 6.42. The topological polar surface area (TPSA) is 88.5 Å². The van der Waals surface area contributed by atoms with Crippen LogP contribution in [0.25, 0.3) is 11.0 Å². The van der Waals surface area contributed by atoms with E-state index < -0.39 is 0 Å². The molecule has 43 heavy (non-hydrogen) atoms. The lowest BCUT2D eigenvalue weighted by molar-refractivity contribution is -0.132. The van der Waals surface area contributed by atoms with Crippen LogP contribution in [-0.2, 0) is 17.8 Å². The molecule has 3 aliphatic rings. The first-order valence-electron chi connectivity index (χ1n) is 15.3. The third kappa shape index (κ3) is 5.82. The first-order valence-corrected chi connectivity index (χ1v) is 16.0. The van der Waals surface area contributed by atoms with E-state index in [-0.39, 0.29) is 18.7 Å². The number of aryl methyl sites for hydroxylation is 1. The average Bonchev–Trinajstić information content (AvgIpc) is 3.82. The maximum Gasteiger partial charge on any atom is 0.231 e. The third-order valence-electron chi connectivity index (χ3n) is 9.06. The first kappa shape index (κ1) is 28.5. The maximum absolute atomic E-state index is 13.4. The van der Waals surface area contributed by atoms with Crippen LogP contribution < -0.4 is 9.47 Å². The Hall–Kier alpha value is -3.27. The predicted molar refractivity (Wildman–Crippen MR) is 166 cm³/mol. The first-order chi connectivity index (χ1) is 20.9. The molecule has 1 N–H and O–H groups in total. The van der Waals surface area contributed by atoms with E-state index in [0.717, 1.165) is 98.9 Å². The average molecular weight is 624 g/mol. The smallest absolute Gasteiger partial charge is 0.231 e. The highest BCUT2D eigenvalue weighted by atomic mass is 35.5. The molecule has 3 aliphatic heterocycles. The lowest BCUT2D eigenvalue weighted by atomic mass is 9.92. The Kier molecular flexibility index (Phi) is 7.97. The molecule has 226 valence electrons. The van der Waals surface area contributed by atoms with Gasteiger partial charge >= 0.3 is 0 Å². The number of nitrogens with one attached hydrogen (secondary N) is 1. The molecule has 1 atom stereocenters. The van der Waals surface area contributed by atoms with Gasteiger partial charge in [0.05, 0.1) is 32.8 Å². The summed E-state index contributed by atoms with van der Waals surface area (Å²) in [5.74, 6) is 3.09. The Morgan fingerprint density at radius 3 is 2.67 bits per heavy atom. The number of rotatable bonds is 8. The van der Waals surface area contributed by atoms with Gasteiger partial charge < -0.3 is 24.3 Å². The van der Waals surface area contributed by atoms with Crippen LogP contribution in [-0.4, -0.2) is 68.4 Å². The molecular formula is C32H36Cl2N6O3. The Morgan fingerprint density at radius 2 is 1.84 bits per heavy atom. The highest BCUT2D eigenvalue weighted by Crippen LogP contribution is 2.36. The number of halogens is 2. The Morgan fingerprint density at radius 1 is 1.02 bits per heavy atom. The number of hydrogen-bond donors (Lipinski definition) is 1. The Balaban J connectivity index is 0.935. The number of piperidine rings is 1. The fraction of sp³-hybridized carbons (Fsp3) is 0.469. The van der Waals surface area contributed by atoms with E-state index in [0.29, 0.717) is 22.4 Å². The molecule has 0 unspecified atom stereocenters. The zero-order valence-electron chi connectivity index (χ0n) is 24.3. The summed E-state index contributed by atoms with van der Waals surface area (Å²) in [6, 6.07) is 11.9. The maximum atomic E-state index is 13.4. The van der Waals surface area contributed by atoms with Gasteiger partial charge in [-0.25, -0.2) is 4.98 Å². The van der Waals surface area contributed by atoms with Crippen LogP contribution in [0, 0.1) is 0 Å². The van der Waals surface area contributed by atoms with Crippen LogP contribution in [0.4, 0.5) is 0 Å². The van der Waals surface area contributed by atoms with Gasteiger partial charge in [-0.1, -0.05) is 29.3 Å². The van der Waals surface area contributed by atoms with E-state index >= 15 is 0 Å². The zero-order chi connectivity index (χ0) is 29.5. The van der Waals surface area contributed by atoms with Crippen molar-refractivity contribution in [2.75, 3.05) is 33.0 Å². The number of aromatic nitrogens is 4.